The summed E-state index contributed by atoms with van der Waals surface area (Å²) in [6.07, 6.45) is 1.17. The molecule has 0 aromatic heterocycles. The van der Waals surface area contributed by atoms with E-state index in [2.05, 4.69) is 31.3 Å². The van der Waals surface area contributed by atoms with Crippen LogP contribution in [-0.2, 0) is 17.6 Å². The number of ether oxygens (including phenoxy) is 1. The number of carbonyl (C=O) groups is 1. The van der Waals surface area contributed by atoms with Crippen LogP contribution in [0.15, 0.2) is 42.5 Å². The fourth-order valence-electron chi connectivity index (χ4n) is 4.86. The van der Waals surface area contributed by atoms with Crippen molar-refractivity contribution in [3.63, 3.8) is 0 Å². The molecule has 0 amide bonds. The monoisotopic (exact) mass is 487 g/mol. The molecule has 34 heavy (non-hydrogen) atoms. The summed E-state index contributed by atoms with van der Waals surface area (Å²) in [4.78, 5) is 10.7. The second-order valence-corrected chi connectivity index (χ2v) is 8.56. The smallest absolute Gasteiger partial charge is 0.303 e. The summed E-state index contributed by atoms with van der Waals surface area (Å²) in [5, 5.41) is 12.1. The van der Waals surface area contributed by atoms with Gasteiger partial charge in [-0.25, -0.2) is 8.78 Å². The van der Waals surface area contributed by atoms with Gasteiger partial charge in [-0.1, -0.05) is 18.2 Å². The van der Waals surface area contributed by atoms with Crippen LogP contribution in [0.1, 0.15) is 46.7 Å². The summed E-state index contributed by atoms with van der Waals surface area (Å²) in [7, 11) is 1.66. The second-order valence-electron chi connectivity index (χ2n) is 8.56. The van der Waals surface area contributed by atoms with Crippen molar-refractivity contribution in [3.8, 4) is 16.9 Å². The number of aliphatic carboxylic acids is 1. The number of aryl methyl sites for hydroxylation is 2. The van der Waals surface area contributed by atoms with Crippen molar-refractivity contribution in [2.45, 2.75) is 45.6 Å². The Labute approximate surface area is 204 Å². The summed E-state index contributed by atoms with van der Waals surface area (Å²) in [5.74, 6) is -1.71. The summed E-state index contributed by atoms with van der Waals surface area (Å²) < 4.78 is 34.4. The Morgan fingerprint density at radius 2 is 1.76 bits per heavy atom. The van der Waals surface area contributed by atoms with Gasteiger partial charge in [-0.15, -0.1) is 12.4 Å². The van der Waals surface area contributed by atoms with Gasteiger partial charge < -0.3 is 15.2 Å². The summed E-state index contributed by atoms with van der Waals surface area (Å²) in [6, 6.07) is 12.7. The van der Waals surface area contributed by atoms with Crippen LogP contribution in [-0.4, -0.2) is 18.2 Å². The van der Waals surface area contributed by atoms with Crippen LogP contribution in [0.3, 0.4) is 0 Å². The second kappa shape index (κ2) is 10.4. The molecular formula is C27H28ClF2NO3. The molecule has 3 aromatic carbocycles. The number of nitrogens with one attached hydrogen (secondary N) is 1. The van der Waals surface area contributed by atoms with E-state index in [0.29, 0.717) is 5.69 Å². The zero-order valence-corrected chi connectivity index (χ0v) is 20.2. The Bertz CT molecular complexity index is 1180. The number of rotatable bonds is 7. The first-order valence-corrected chi connectivity index (χ1v) is 11.0. The molecule has 4 nitrogen and oxygen atoms in total. The van der Waals surface area contributed by atoms with Crippen molar-refractivity contribution in [1.29, 1.82) is 0 Å². The van der Waals surface area contributed by atoms with Crippen molar-refractivity contribution < 1.29 is 23.4 Å². The van der Waals surface area contributed by atoms with Crippen LogP contribution in [0.2, 0.25) is 0 Å². The van der Waals surface area contributed by atoms with Crippen molar-refractivity contribution in [2.75, 3.05) is 12.4 Å². The molecule has 0 saturated carbocycles. The number of anilines is 1. The Morgan fingerprint density at radius 3 is 2.35 bits per heavy atom. The first-order chi connectivity index (χ1) is 15.8. The van der Waals surface area contributed by atoms with Crippen LogP contribution < -0.4 is 10.1 Å². The largest absolute Gasteiger partial charge is 0.497 e. The van der Waals surface area contributed by atoms with Gasteiger partial charge in [0.25, 0.3) is 0 Å². The molecule has 1 aliphatic carbocycles. The van der Waals surface area contributed by atoms with Crippen LogP contribution >= 0.6 is 12.4 Å². The number of hydrogen-bond acceptors (Lipinski definition) is 3. The third-order valence-corrected chi connectivity index (χ3v) is 6.35. The Morgan fingerprint density at radius 1 is 1.12 bits per heavy atom. The summed E-state index contributed by atoms with van der Waals surface area (Å²) in [6.45, 7) is 4.15. The van der Waals surface area contributed by atoms with Crippen LogP contribution in [0.5, 0.6) is 5.75 Å². The molecule has 2 N–H and O–H groups in total. The number of benzene rings is 3. The number of methoxy groups -OCH3 is 1. The molecule has 0 heterocycles. The molecule has 4 rings (SSSR count). The zero-order chi connectivity index (χ0) is 23.7. The molecule has 0 aliphatic heterocycles. The fourth-order valence-corrected chi connectivity index (χ4v) is 4.86. The van der Waals surface area contributed by atoms with Gasteiger partial charge in [0.2, 0.25) is 0 Å². The lowest BCUT2D eigenvalue weighted by Gasteiger charge is -2.19. The molecule has 0 fully saturated rings. The molecule has 1 aliphatic rings. The predicted octanol–water partition coefficient (Wildman–Crippen LogP) is 6.80. The molecule has 0 spiro atoms. The molecular weight excluding hydrogens is 460 g/mol. The number of fused-ring (bicyclic) bond motifs is 1. The predicted molar refractivity (Wildman–Crippen MR) is 132 cm³/mol. The standard InChI is InChI=1S/C27H27F2NO3.ClH/c1-15-11-18(33-3)12-16(2)27(15)21-6-4-5-20-19(21)7-9-25(20)30-17-13-23(28)22(24(29)14-17)8-10-26(31)32;/h4-6,11-14,25,30H,7-10H2,1-3H3,(H,31,32);1H. The van der Waals surface area contributed by atoms with E-state index in [0.717, 1.165) is 35.3 Å². The highest BCUT2D eigenvalue weighted by molar-refractivity contribution is 5.85. The highest BCUT2D eigenvalue weighted by atomic mass is 35.5. The molecule has 1 unspecified atom stereocenters. The topological polar surface area (TPSA) is 58.6 Å². The van der Waals surface area contributed by atoms with Crippen LogP contribution in [0.4, 0.5) is 14.5 Å². The van der Waals surface area contributed by atoms with Crippen molar-refractivity contribution in [1.82, 2.24) is 0 Å². The average Bonchev–Trinajstić information content (AvgIpc) is 3.16. The van der Waals surface area contributed by atoms with Crippen molar-refractivity contribution in [3.05, 3.63) is 81.9 Å². The highest BCUT2D eigenvalue weighted by Crippen LogP contribution is 2.42. The lowest BCUT2D eigenvalue weighted by atomic mass is 9.90. The number of hydrogen-bond donors (Lipinski definition) is 2. The normalized spacial score (nSPS) is 14.3. The molecule has 0 radical (unpaired) electrons. The van der Waals surface area contributed by atoms with E-state index >= 15 is 0 Å². The summed E-state index contributed by atoms with van der Waals surface area (Å²) in [5.41, 5.74) is 7.16. The minimum absolute atomic E-state index is 0. The van der Waals surface area contributed by atoms with E-state index in [9.17, 15) is 13.6 Å². The number of carboxylic acids is 1. The molecule has 180 valence electrons. The first-order valence-electron chi connectivity index (χ1n) is 11.0. The van der Waals surface area contributed by atoms with Gasteiger partial charge >= 0.3 is 5.97 Å². The Hall–Kier alpha value is -3.12. The molecule has 3 aromatic rings. The van der Waals surface area contributed by atoms with E-state index < -0.39 is 17.6 Å². The fraction of sp³-hybridized carbons (Fsp3) is 0.296. The quantitative estimate of drug-likeness (QED) is 0.385. The molecule has 7 heteroatoms. The van der Waals surface area contributed by atoms with Gasteiger partial charge in [0.05, 0.1) is 13.2 Å². The van der Waals surface area contributed by atoms with Gasteiger partial charge in [-0.05, 0) is 90.8 Å². The Kier molecular flexibility index (Phi) is 7.82. The van der Waals surface area contributed by atoms with Gasteiger partial charge in [0.1, 0.15) is 17.4 Å². The van der Waals surface area contributed by atoms with E-state index in [4.69, 9.17) is 9.84 Å². The lowest BCUT2D eigenvalue weighted by Crippen LogP contribution is -2.09. The minimum Gasteiger partial charge on any atom is -0.497 e. The molecule has 0 saturated heterocycles. The maximum atomic E-state index is 14.5. The third kappa shape index (κ3) is 5.02. The third-order valence-electron chi connectivity index (χ3n) is 6.35. The molecule has 1 atom stereocenters. The number of halogens is 3. The van der Waals surface area contributed by atoms with E-state index in [1.807, 2.05) is 18.2 Å². The van der Waals surface area contributed by atoms with Crippen LogP contribution in [0.25, 0.3) is 11.1 Å². The lowest BCUT2D eigenvalue weighted by molar-refractivity contribution is -0.136. The number of carboxylic acid groups (broad SMARTS) is 1. The van der Waals surface area contributed by atoms with Gasteiger partial charge in [0.15, 0.2) is 0 Å². The SMILES string of the molecule is COc1cc(C)c(-c2cccc3c2CCC3Nc2cc(F)c(CCC(=O)O)c(F)c2)c(C)c1.Cl. The minimum atomic E-state index is -1.09. The highest BCUT2D eigenvalue weighted by Gasteiger charge is 2.26. The van der Waals surface area contributed by atoms with Gasteiger partial charge in [-0.2, -0.15) is 0 Å². The van der Waals surface area contributed by atoms with E-state index in [-0.39, 0.29) is 36.9 Å². The van der Waals surface area contributed by atoms with Crippen molar-refractivity contribution in [2.24, 2.45) is 0 Å². The first kappa shape index (κ1) is 25.5. The Balaban J connectivity index is 0.00000324. The summed E-state index contributed by atoms with van der Waals surface area (Å²) >= 11 is 0. The van der Waals surface area contributed by atoms with Crippen molar-refractivity contribution >= 4 is 24.1 Å². The van der Waals surface area contributed by atoms with Crippen LogP contribution in [0, 0.1) is 25.5 Å². The molecule has 0 bridgehead atoms. The van der Waals surface area contributed by atoms with Gasteiger partial charge in [-0.3, -0.25) is 4.79 Å². The average molecular weight is 488 g/mol. The van der Waals surface area contributed by atoms with E-state index in [1.165, 1.54) is 28.8 Å². The maximum absolute atomic E-state index is 14.5. The van der Waals surface area contributed by atoms with Gasteiger partial charge in [0, 0.05) is 17.7 Å². The maximum Gasteiger partial charge on any atom is 0.303 e. The zero-order valence-electron chi connectivity index (χ0n) is 19.4. The van der Waals surface area contributed by atoms with E-state index in [1.54, 1.807) is 7.11 Å².